The van der Waals surface area contributed by atoms with Crippen molar-refractivity contribution in [3.63, 3.8) is 0 Å². The van der Waals surface area contributed by atoms with Crippen molar-refractivity contribution in [1.29, 1.82) is 0 Å². The molecule has 0 amide bonds. The maximum Gasteiger partial charge on any atom is 0.157 e. The molecule has 0 spiro atoms. The van der Waals surface area contributed by atoms with Crippen molar-refractivity contribution in [3.05, 3.63) is 34.1 Å². The van der Waals surface area contributed by atoms with Crippen LogP contribution in [0, 0.1) is 5.82 Å². The topological polar surface area (TPSA) is 20.3 Å². The van der Waals surface area contributed by atoms with Crippen LogP contribution in [0.4, 0.5) is 4.39 Å². The van der Waals surface area contributed by atoms with Gasteiger partial charge in [0.1, 0.15) is 5.82 Å². The summed E-state index contributed by atoms with van der Waals surface area (Å²) in [5.74, 6) is -0.119. The van der Waals surface area contributed by atoms with E-state index in [1.807, 2.05) is 13.8 Å². The van der Waals surface area contributed by atoms with Crippen molar-refractivity contribution in [1.82, 2.24) is 4.90 Å². The van der Waals surface area contributed by atoms with E-state index in [1.165, 1.54) is 12.1 Å². The molecule has 0 aliphatic rings. The lowest BCUT2D eigenvalue weighted by molar-refractivity contribution is -0.129. The van der Waals surface area contributed by atoms with Crippen molar-refractivity contribution in [2.75, 3.05) is 13.1 Å². The van der Waals surface area contributed by atoms with Gasteiger partial charge in [0.2, 0.25) is 0 Å². The predicted octanol–water partition coefficient (Wildman–Crippen LogP) is 4.21. The van der Waals surface area contributed by atoms with Crippen LogP contribution in [0.15, 0.2) is 22.7 Å². The van der Waals surface area contributed by atoms with Gasteiger partial charge in [-0.05, 0) is 44.1 Å². The van der Waals surface area contributed by atoms with Crippen molar-refractivity contribution in [2.24, 2.45) is 0 Å². The molecule has 1 aromatic carbocycles. The molecule has 0 aliphatic carbocycles. The first kappa shape index (κ1) is 17.3. The molecule has 1 aromatic rings. The molecule has 20 heavy (non-hydrogen) atoms. The van der Waals surface area contributed by atoms with Gasteiger partial charge in [0, 0.05) is 10.9 Å². The van der Waals surface area contributed by atoms with Gasteiger partial charge in [-0.15, -0.1) is 0 Å². The van der Waals surface area contributed by atoms with E-state index in [0.29, 0.717) is 10.9 Å². The maximum absolute atomic E-state index is 13.1. The standard InChI is InChI=1S/C16H23BrFNO/c1-5-16(4,19(6-2)7-3)15(20)10-12-8-9-13(18)11-14(12)17/h8-9,11H,5-7,10H2,1-4H3. The zero-order chi connectivity index (χ0) is 15.3. The van der Waals surface area contributed by atoms with Crippen LogP contribution in [0.5, 0.6) is 0 Å². The highest BCUT2D eigenvalue weighted by molar-refractivity contribution is 9.10. The number of hydrogen-bond donors (Lipinski definition) is 0. The zero-order valence-corrected chi connectivity index (χ0v) is 14.3. The summed E-state index contributed by atoms with van der Waals surface area (Å²) < 4.78 is 13.8. The predicted molar refractivity (Wildman–Crippen MR) is 84.4 cm³/mol. The average molecular weight is 344 g/mol. The second kappa shape index (κ2) is 7.32. The minimum Gasteiger partial charge on any atom is -0.297 e. The Bertz CT molecular complexity index is 474. The van der Waals surface area contributed by atoms with E-state index in [4.69, 9.17) is 0 Å². The Labute approximate surface area is 129 Å². The first-order chi connectivity index (χ1) is 9.38. The number of hydrogen-bond acceptors (Lipinski definition) is 2. The fourth-order valence-corrected chi connectivity index (χ4v) is 3.04. The maximum atomic E-state index is 13.1. The summed E-state index contributed by atoms with van der Waals surface area (Å²) in [4.78, 5) is 14.9. The number of nitrogens with zero attached hydrogens (tertiary/aromatic N) is 1. The number of halogens is 2. The lowest BCUT2D eigenvalue weighted by Gasteiger charge is -2.38. The second-order valence-corrected chi connectivity index (χ2v) is 5.99. The van der Waals surface area contributed by atoms with Gasteiger partial charge in [-0.25, -0.2) is 4.39 Å². The highest BCUT2D eigenvalue weighted by atomic mass is 79.9. The molecule has 0 heterocycles. The van der Waals surface area contributed by atoms with Crippen LogP contribution in [0.25, 0.3) is 0 Å². The Kier molecular flexibility index (Phi) is 6.34. The Morgan fingerprint density at radius 2 is 1.90 bits per heavy atom. The molecule has 0 fully saturated rings. The molecule has 0 aliphatic heterocycles. The monoisotopic (exact) mass is 343 g/mol. The van der Waals surface area contributed by atoms with E-state index in [0.717, 1.165) is 25.1 Å². The van der Waals surface area contributed by atoms with E-state index in [-0.39, 0.29) is 11.6 Å². The Hall–Kier alpha value is -0.740. The molecule has 1 rings (SSSR count). The van der Waals surface area contributed by atoms with Crippen LogP contribution in [0.1, 0.15) is 39.7 Å². The Morgan fingerprint density at radius 3 is 2.35 bits per heavy atom. The van der Waals surface area contributed by atoms with Crippen LogP contribution >= 0.6 is 15.9 Å². The first-order valence-corrected chi connectivity index (χ1v) is 7.90. The number of Topliss-reactive ketones (excluding diaryl/α,β-unsaturated/α-hetero) is 1. The number of ketones is 1. The van der Waals surface area contributed by atoms with Gasteiger partial charge < -0.3 is 0 Å². The number of rotatable bonds is 7. The normalized spacial score (nSPS) is 14.3. The quantitative estimate of drug-likeness (QED) is 0.739. The molecule has 0 saturated carbocycles. The highest BCUT2D eigenvalue weighted by Crippen LogP contribution is 2.25. The third-order valence-electron chi connectivity index (χ3n) is 4.12. The van der Waals surface area contributed by atoms with Gasteiger partial charge >= 0.3 is 0 Å². The molecule has 1 atom stereocenters. The minimum absolute atomic E-state index is 0.177. The molecule has 0 aromatic heterocycles. The lowest BCUT2D eigenvalue weighted by atomic mass is 9.87. The largest absolute Gasteiger partial charge is 0.297 e. The van der Waals surface area contributed by atoms with E-state index in [2.05, 4.69) is 34.7 Å². The molecule has 4 heteroatoms. The Morgan fingerprint density at radius 1 is 1.30 bits per heavy atom. The molecule has 1 unspecified atom stereocenters. The number of benzene rings is 1. The fourth-order valence-electron chi connectivity index (χ4n) is 2.55. The fraction of sp³-hybridized carbons (Fsp3) is 0.562. The third-order valence-corrected chi connectivity index (χ3v) is 4.85. The van der Waals surface area contributed by atoms with Crippen molar-refractivity contribution >= 4 is 21.7 Å². The van der Waals surface area contributed by atoms with Crippen molar-refractivity contribution in [3.8, 4) is 0 Å². The summed E-state index contributed by atoms with van der Waals surface area (Å²) in [6.45, 7) is 9.86. The number of carbonyl (C=O) groups is 1. The van der Waals surface area contributed by atoms with Crippen LogP contribution in [0.2, 0.25) is 0 Å². The average Bonchev–Trinajstić information content (AvgIpc) is 2.42. The molecular weight excluding hydrogens is 321 g/mol. The summed E-state index contributed by atoms with van der Waals surface area (Å²) in [6, 6.07) is 4.48. The van der Waals surface area contributed by atoms with Gasteiger partial charge in [0.25, 0.3) is 0 Å². The summed E-state index contributed by atoms with van der Waals surface area (Å²) in [7, 11) is 0. The van der Waals surface area contributed by atoms with Crippen LogP contribution in [-0.2, 0) is 11.2 Å². The number of likely N-dealkylation sites (N-methyl/N-ethyl adjacent to an activating group) is 1. The zero-order valence-electron chi connectivity index (χ0n) is 12.7. The van der Waals surface area contributed by atoms with Crippen LogP contribution < -0.4 is 0 Å². The summed E-state index contributed by atoms with van der Waals surface area (Å²) in [6.07, 6.45) is 1.09. The van der Waals surface area contributed by atoms with E-state index < -0.39 is 5.54 Å². The second-order valence-electron chi connectivity index (χ2n) is 5.14. The molecule has 0 bridgehead atoms. The van der Waals surface area contributed by atoms with E-state index in [9.17, 15) is 9.18 Å². The van der Waals surface area contributed by atoms with E-state index >= 15 is 0 Å². The third kappa shape index (κ3) is 3.67. The van der Waals surface area contributed by atoms with Gasteiger partial charge in [-0.3, -0.25) is 9.69 Å². The molecule has 0 N–H and O–H groups in total. The van der Waals surface area contributed by atoms with Crippen molar-refractivity contribution in [2.45, 2.75) is 46.1 Å². The van der Waals surface area contributed by atoms with Gasteiger partial charge in [0.05, 0.1) is 5.54 Å². The van der Waals surface area contributed by atoms with Crippen LogP contribution in [0.3, 0.4) is 0 Å². The molecule has 112 valence electrons. The van der Waals surface area contributed by atoms with Gasteiger partial charge in [-0.2, -0.15) is 0 Å². The SMILES string of the molecule is CCN(CC)C(C)(CC)C(=O)Cc1ccc(F)cc1Br. The van der Waals surface area contributed by atoms with E-state index in [1.54, 1.807) is 6.07 Å². The summed E-state index contributed by atoms with van der Waals surface area (Å²) >= 11 is 3.33. The smallest absolute Gasteiger partial charge is 0.157 e. The van der Waals surface area contributed by atoms with Gasteiger partial charge in [-0.1, -0.05) is 42.8 Å². The minimum atomic E-state index is -0.461. The first-order valence-electron chi connectivity index (χ1n) is 7.11. The van der Waals surface area contributed by atoms with Crippen LogP contribution in [-0.4, -0.2) is 29.3 Å². The summed E-state index contributed by atoms with van der Waals surface area (Å²) in [5.41, 5.74) is 0.375. The Balaban J connectivity index is 2.97. The number of carbonyl (C=O) groups excluding carboxylic acids is 1. The molecule has 0 saturated heterocycles. The van der Waals surface area contributed by atoms with Gasteiger partial charge in [0.15, 0.2) is 5.78 Å². The molecule has 0 radical (unpaired) electrons. The highest BCUT2D eigenvalue weighted by Gasteiger charge is 2.35. The molecular formula is C16H23BrFNO. The lowest BCUT2D eigenvalue weighted by Crippen LogP contribution is -2.52. The summed E-state index contributed by atoms with van der Waals surface area (Å²) in [5, 5.41) is 0. The molecule has 2 nitrogen and oxygen atoms in total. The van der Waals surface area contributed by atoms with Crippen molar-refractivity contribution < 1.29 is 9.18 Å².